The van der Waals surface area contributed by atoms with Gasteiger partial charge in [0.05, 0.1) is 5.75 Å². The maximum Gasteiger partial charge on any atom is 0.236 e. The van der Waals surface area contributed by atoms with Gasteiger partial charge in [0.25, 0.3) is 0 Å². The molecule has 1 unspecified atom stereocenters. The number of nitrogens with one attached hydrogen (secondary N) is 1. The Morgan fingerprint density at radius 2 is 1.97 bits per heavy atom. The van der Waals surface area contributed by atoms with Crippen LogP contribution in [0.4, 0.5) is 5.82 Å². The maximum atomic E-state index is 12.1. The lowest BCUT2D eigenvalue weighted by Gasteiger charge is -2.15. The number of carbonyl (C=O) groups is 1. The second kappa shape index (κ2) is 9.13. The zero-order valence-electron chi connectivity index (χ0n) is 17.2. The molecule has 1 amide bonds. The number of hydrogen-bond acceptors (Lipinski definition) is 7. The van der Waals surface area contributed by atoms with Crippen molar-refractivity contribution in [3.8, 4) is 5.75 Å². The van der Waals surface area contributed by atoms with Crippen LogP contribution in [-0.4, -0.2) is 31.6 Å². The van der Waals surface area contributed by atoms with Crippen LogP contribution in [0.15, 0.2) is 40.0 Å². The highest BCUT2D eigenvalue weighted by Crippen LogP contribution is 2.25. The Labute approximate surface area is 174 Å². The number of carbonyl (C=O) groups excluding carboxylic acids is 1. The normalized spacial score (nSPS) is 12.2. The van der Waals surface area contributed by atoms with E-state index in [1.165, 1.54) is 17.3 Å². The number of ether oxygens (including phenoxy) is 1. The van der Waals surface area contributed by atoms with Crippen molar-refractivity contribution in [2.75, 3.05) is 11.1 Å². The smallest absolute Gasteiger partial charge is 0.236 e. The molecule has 0 saturated heterocycles. The number of benzene rings is 1. The maximum absolute atomic E-state index is 12.1. The third kappa shape index (κ3) is 5.38. The molecule has 0 aliphatic rings. The number of nitrogens with zero attached hydrogens (tertiary/aromatic N) is 4. The molecule has 2 aromatic heterocycles. The molecule has 29 heavy (non-hydrogen) atoms. The summed E-state index contributed by atoms with van der Waals surface area (Å²) in [5, 5.41) is 15.5. The Balaban J connectivity index is 1.57. The van der Waals surface area contributed by atoms with Gasteiger partial charge in [0.1, 0.15) is 11.5 Å². The van der Waals surface area contributed by atoms with Crippen molar-refractivity contribution in [1.82, 2.24) is 19.9 Å². The minimum atomic E-state index is -0.279. The molecular weight excluding hydrogens is 390 g/mol. The number of hydrogen-bond donors (Lipinski definition) is 1. The third-order valence-corrected chi connectivity index (χ3v) is 5.34. The molecule has 1 atom stereocenters. The van der Waals surface area contributed by atoms with E-state index in [4.69, 9.17) is 9.26 Å². The highest BCUT2D eigenvalue weighted by molar-refractivity contribution is 7.99. The summed E-state index contributed by atoms with van der Waals surface area (Å²) in [5.74, 6) is 2.97. The van der Waals surface area contributed by atoms with Crippen LogP contribution < -0.4 is 10.1 Å². The fourth-order valence-corrected chi connectivity index (χ4v) is 3.45. The molecule has 0 aliphatic heterocycles. The zero-order chi connectivity index (χ0) is 21.0. The van der Waals surface area contributed by atoms with Crippen LogP contribution >= 0.6 is 11.8 Å². The SMILES string of the molecule is Cc1cc(NC(=O)CSc2nnc(C(C)Oc3ccc(C(C)C)cc3)n2C)no1. The van der Waals surface area contributed by atoms with Crippen LogP contribution in [0.3, 0.4) is 0 Å². The van der Waals surface area contributed by atoms with Gasteiger partial charge in [-0.3, -0.25) is 4.79 Å². The van der Waals surface area contributed by atoms with Crippen LogP contribution in [0, 0.1) is 6.92 Å². The minimum absolute atomic E-state index is 0.184. The van der Waals surface area contributed by atoms with Gasteiger partial charge in [-0.1, -0.05) is 42.9 Å². The Hall–Kier alpha value is -2.81. The number of thioether (sulfide) groups is 1. The average molecular weight is 416 g/mol. The van der Waals surface area contributed by atoms with Gasteiger partial charge in [-0.25, -0.2) is 0 Å². The first-order chi connectivity index (χ1) is 13.8. The van der Waals surface area contributed by atoms with Crippen molar-refractivity contribution >= 4 is 23.5 Å². The summed E-state index contributed by atoms with van der Waals surface area (Å²) in [4.78, 5) is 12.1. The number of aromatic nitrogens is 4. The number of anilines is 1. The van der Waals surface area contributed by atoms with E-state index in [9.17, 15) is 4.79 Å². The summed E-state index contributed by atoms with van der Waals surface area (Å²) in [6.07, 6.45) is -0.279. The molecule has 154 valence electrons. The van der Waals surface area contributed by atoms with E-state index >= 15 is 0 Å². The molecule has 0 spiro atoms. The lowest BCUT2D eigenvalue weighted by Crippen LogP contribution is -2.15. The van der Waals surface area contributed by atoms with Gasteiger partial charge >= 0.3 is 0 Å². The molecule has 3 aromatic rings. The van der Waals surface area contributed by atoms with Crippen LogP contribution in [0.2, 0.25) is 0 Å². The summed E-state index contributed by atoms with van der Waals surface area (Å²) in [6.45, 7) is 8.00. The van der Waals surface area contributed by atoms with Gasteiger partial charge in [-0.2, -0.15) is 0 Å². The quantitative estimate of drug-likeness (QED) is 0.553. The third-order valence-electron chi connectivity index (χ3n) is 4.32. The highest BCUT2D eigenvalue weighted by Gasteiger charge is 2.18. The lowest BCUT2D eigenvalue weighted by atomic mass is 10.0. The molecule has 0 fully saturated rings. The molecule has 2 heterocycles. The van der Waals surface area contributed by atoms with Gasteiger partial charge in [0, 0.05) is 13.1 Å². The molecule has 1 N–H and O–H groups in total. The van der Waals surface area contributed by atoms with E-state index < -0.39 is 0 Å². The summed E-state index contributed by atoms with van der Waals surface area (Å²) in [6, 6.07) is 9.73. The molecule has 0 saturated carbocycles. The van der Waals surface area contributed by atoms with Crippen LogP contribution in [0.5, 0.6) is 5.75 Å². The van der Waals surface area contributed by atoms with Crippen molar-refractivity contribution in [2.24, 2.45) is 7.05 Å². The monoisotopic (exact) mass is 415 g/mol. The van der Waals surface area contributed by atoms with Crippen molar-refractivity contribution in [3.05, 3.63) is 47.5 Å². The van der Waals surface area contributed by atoms with Gasteiger partial charge in [0.15, 0.2) is 22.9 Å². The van der Waals surface area contributed by atoms with Crippen molar-refractivity contribution in [2.45, 2.75) is 44.9 Å². The summed E-state index contributed by atoms with van der Waals surface area (Å²) in [5.41, 5.74) is 1.27. The van der Waals surface area contributed by atoms with Crippen molar-refractivity contribution < 1.29 is 14.1 Å². The second-order valence-electron chi connectivity index (χ2n) is 7.04. The molecule has 0 aliphatic carbocycles. The first kappa shape index (κ1) is 20.9. The van der Waals surface area contributed by atoms with E-state index in [0.29, 0.717) is 28.5 Å². The number of amides is 1. The fraction of sp³-hybridized carbons (Fsp3) is 0.400. The summed E-state index contributed by atoms with van der Waals surface area (Å²) < 4.78 is 12.8. The Kier molecular flexibility index (Phi) is 6.58. The standard InChI is InChI=1S/C20H25N5O3S/c1-12(2)15-6-8-16(9-7-15)27-14(4)19-22-23-20(25(19)5)29-11-18(26)21-17-10-13(3)28-24-17/h6-10,12,14H,11H2,1-5H3,(H,21,24,26). The van der Waals surface area contributed by atoms with Crippen LogP contribution in [0.1, 0.15) is 49.9 Å². The van der Waals surface area contributed by atoms with Crippen molar-refractivity contribution in [3.63, 3.8) is 0 Å². The van der Waals surface area contributed by atoms with E-state index in [0.717, 1.165) is 5.75 Å². The molecule has 1 aromatic carbocycles. The molecule has 9 heteroatoms. The average Bonchev–Trinajstić information content (AvgIpc) is 3.25. The molecular formula is C20H25N5O3S. The van der Waals surface area contributed by atoms with Gasteiger partial charge in [-0.15, -0.1) is 10.2 Å². The number of aryl methyl sites for hydroxylation is 1. The fourth-order valence-electron chi connectivity index (χ4n) is 2.73. The Morgan fingerprint density at radius 3 is 2.59 bits per heavy atom. The van der Waals surface area contributed by atoms with Gasteiger partial charge in [-0.05, 0) is 37.5 Å². The van der Waals surface area contributed by atoms with Crippen LogP contribution in [-0.2, 0) is 11.8 Å². The lowest BCUT2D eigenvalue weighted by molar-refractivity contribution is -0.113. The van der Waals surface area contributed by atoms with Gasteiger partial charge in [0.2, 0.25) is 5.91 Å². The number of rotatable bonds is 8. The summed E-state index contributed by atoms with van der Waals surface area (Å²) in [7, 11) is 1.86. The summed E-state index contributed by atoms with van der Waals surface area (Å²) >= 11 is 1.29. The zero-order valence-corrected chi connectivity index (χ0v) is 18.0. The van der Waals surface area contributed by atoms with Gasteiger partial charge < -0.3 is 19.1 Å². The predicted molar refractivity (Wildman–Crippen MR) is 111 cm³/mol. The van der Waals surface area contributed by atoms with E-state index in [-0.39, 0.29) is 17.8 Å². The van der Waals surface area contributed by atoms with E-state index in [2.05, 4.69) is 46.7 Å². The molecule has 8 nitrogen and oxygen atoms in total. The molecule has 0 radical (unpaired) electrons. The van der Waals surface area contributed by atoms with Crippen molar-refractivity contribution in [1.29, 1.82) is 0 Å². The minimum Gasteiger partial charge on any atom is -0.483 e. The van der Waals surface area contributed by atoms with E-state index in [1.807, 2.05) is 30.7 Å². The van der Waals surface area contributed by atoms with E-state index in [1.54, 1.807) is 13.0 Å². The highest BCUT2D eigenvalue weighted by atomic mass is 32.2. The Morgan fingerprint density at radius 1 is 1.24 bits per heavy atom. The Bertz CT molecular complexity index is 965. The topological polar surface area (TPSA) is 95.1 Å². The molecule has 3 rings (SSSR count). The predicted octanol–water partition coefficient (Wildman–Crippen LogP) is 4.11. The second-order valence-corrected chi connectivity index (χ2v) is 7.99. The van der Waals surface area contributed by atoms with Crippen LogP contribution in [0.25, 0.3) is 0 Å². The first-order valence-electron chi connectivity index (χ1n) is 9.35. The first-order valence-corrected chi connectivity index (χ1v) is 10.3. The largest absolute Gasteiger partial charge is 0.483 e. The molecule has 0 bridgehead atoms.